The van der Waals surface area contributed by atoms with Gasteiger partial charge >= 0.3 is 30.1 Å². The topological polar surface area (TPSA) is 40.1 Å². The summed E-state index contributed by atoms with van der Waals surface area (Å²) in [6, 6.07) is 0. The Kier molecular flexibility index (Phi) is 3.87. The Morgan fingerprint density at radius 3 is 1.39 bits per heavy atom. The van der Waals surface area contributed by atoms with Gasteiger partial charge in [-0.05, 0) is 0 Å². The third kappa shape index (κ3) is 1.96. The second-order valence-electron chi connectivity index (χ2n) is 2.93. The number of aliphatic carboxylic acids is 1. The number of carboxylic acid groups (broad SMARTS) is 1. The van der Waals surface area contributed by atoms with Crippen molar-refractivity contribution in [3.63, 3.8) is 0 Å². The lowest BCUT2D eigenvalue weighted by atomic mass is 9.99. The molecular weight excluding hydrogens is 294 g/mol. The van der Waals surface area contributed by atoms with E-state index in [0.717, 1.165) is 0 Å². The first-order valence-corrected chi connectivity index (χ1v) is 3.65. The molecule has 0 radical (unpaired) electrons. The lowest BCUT2D eigenvalue weighted by molar-refractivity contribution is -0.401. The van der Waals surface area contributed by atoms with Gasteiger partial charge in [0.25, 0.3) is 0 Å². The van der Waals surface area contributed by atoms with Crippen LogP contribution in [-0.4, -0.2) is 36.1 Å². The molecule has 0 aliphatic rings. The highest BCUT2D eigenvalue weighted by atomic mass is 19.4. The number of hydrogen-bond acceptors (Lipinski definition) is 2. The molecule has 0 aromatic rings. The van der Waals surface area contributed by atoms with Crippen molar-refractivity contribution < 1.29 is 53.8 Å². The fourth-order valence-corrected chi connectivity index (χ4v) is 0.672. The highest BCUT2D eigenvalue weighted by Crippen LogP contribution is 2.54. The monoisotopic (exact) mass is 295 g/mol. The minimum atomic E-state index is -7.31. The van der Waals surface area contributed by atoms with E-state index in [1.54, 1.807) is 0 Å². The minimum Gasteiger partial charge on any atom is -0.544 e. The Hall–Kier alpha value is -1.23. The van der Waals surface area contributed by atoms with Crippen molar-refractivity contribution in [2.75, 3.05) is 0 Å². The third-order valence-electron chi connectivity index (χ3n) is 1.74. The quantitative estimate of drug-likeness (QED) is 0.722. The lowest BCUT2D eigenvalue weighted by Gasteiger charge is -2.36. The second kappa shape index (κ2) is 4.16. The van der Waals surface area contributed by atoms with Crippen molar-refractivity contribution >= 4 is 5.97 Å². The van der Waals surface area contributed by atoms with Crippen LogP contribution in [0.15, 0.2) is 0 Å². The molecule has 0 aromatic carbocycles. The predicted molar refractivity (Wildman–Crippen MR) is 30.8 cm³/mol. The maximum absolute atomic E-state index is 12.4. The van der Waals surface area contributed by atoms with Crippen LogP contribution in [0.25, 0.3) is 0 Å². The summed E-state index contributed by atoms with van der Waals surface area (Å²) < 4.78 is 121. The molecule has 0 aromatic heterocycles. The zero-order valence-electron chi connectivity index (χ0n) is 7.67. The molecule has 0 spiro atoms. The molecule has 0 atom stereocenters. The van der Waals surface area contributed by atoms with Gasteiger partial charge in [-0.1, -0.05) is 0 Å². The van der Waals surface area contributed by atoms with Gasteiger partial charge in [0.15, 0.2) is 0 Å². The molecule has 0 fully saturated rings. The summed E-state index contributed by atoms with van der Waals surface area (Å²) in [6.45, 7) is 0. The standard InChI is InChI=1S/C6H2F10O2/c7-1(8)3(9,10)5(13,14)6(15,16)4(11,12)2(17)18/h1H,(H,17,18)/p-1. The van der Waals surface area contributed by atoms with Gasteiger partial charge in [0.05, 0.1) is 0 Å². The largest absolute Gasteiger partial charge is 0.544 e. The minimum absolute atomic E-state index is 4.11. The molecule has 108 valence electrons. The van der Waals surface area contributed by atoms with Crippen molar-refractivity contribution in [3.05, 3.63) is 0 Å². The highest BCUT2D eigenvalue weighted by Gasteiger charge is 2.83. The number of alkyl halides is 10. The van der Waals surface area contributed by atoms with E-state index in [9.17, 15) is 53.8 Å². The Morgan fingerprint density at radius 2 is 1.17 bits per heavy atom. The third-order valence-corrected chi connectivity index (χ3v) is 1.74. The maximum atomic E-state index is 12.4. The van der Waals surface area contributed by atoms with Crippen LogP contribution in [0.4, 0.5) is 43.9 Å². The summed E-state index contributed by atoms with van der Waals surface area (Å²) >= 11 is 0. The number of carbonyl (C=O) groups is 1. The summed E-state index contributed by atoms with van der Waals surface area (Å²) in [7, 11) is 0. The van der Waals surface area contributed by atoms with Crippen LogP contribution < -0.4 is 5.11 Å². The zero-order valence-corrected chi connectivity index (χ0v) is 7.67. The average Bonchev–Trinajstić information content (AvgIpc) is 2.15. The highest BCUT2D eigenvalue weighted by molar-refractivity contribution is 5.75. The first kappa shape index (κ1) is 16.8. The van der Waals surface area contributed by atoms with Gasteiger partial charge in [-0.15, -0.1) is 0 Å². The molecule has 0 unspecified atom stereocenters. The summed E-state index contributed by atoms with van der Waals surface area (Å²) in [6.07, 6.45) is -5.42. The average molecular weight is 295 g/mol. The fourth-order valence-electron chi connectivity index (χ4n) is 0.672. The number of hydrogen-bond donors (Lipinski definition) is 0. The lowest BCUT2D eigenvalue weighted by Crippen LogP contribution is -2.68. The van der Waals surface area contributed by atoms with Gasteiger partial charge in [0.1, 0.15) is 5.97 Å². The number of rotatable bonds is 5. The van der Waals surface area contributed by atoms with Crippen molar-refractivity contribution in [1.82, 2.24) is 0 Å². The van der Waals surface area contributed by atoms with Crippen molar-refractivity contribution in [1.29, 1.82) is 0 Å². The van der Waals surface area contributed by atoms with E-state index >= 15 is 0 Å². The summed E-state index contributed by atoms with van der Waals surface area (Å²) in [5.41, 5.74) is 0. The van der Waals surface area contributed by atoms with E-state index in [0.29, 0.717) is 0 Å². The molecule has 0 amide bonds. The van der Waals surface area contributed by atoms with Crippen LogP contribution in [0.3, 0.4) is 0 Å². The van der Waals surface area contributed by atoms with Gasteiger partial charge in [0.2, 0.25) is 0 Å². The SMILES string of the molecule is O=C([O-])C(F)(F)C(F)(F)C(F)(F)C(F)(F)C(F)F. The predicted octanol–water partition coefficient (Wildman–Crippen LogP) is 1.54. The van der Waals surface area contributed by atoms with Crippen molar-refractivity contribution in [2.45, 2.75) is 30.1 Å². The number of halogens is 10. The molecule has 0 N–H and O–H groups in total. The Morgan fingerprint density at radius 1 is 0.833 bits per heavy atom. The van der Waals surface area contributed by atoms with Gasteiger partial charge in [-0.3, -0.25) is 0 Å². The second-order valence-corrected chi connectivity index (χ2v) is 2.93. The van der Waals surface area contributed by atoms with Crippen LogP contribution in [0.5, 0.6) is 0 Å². The molecule has 12 heteroatoms. The summed E-state index contributed by atoms with van der Waals surface area (Å²) in [5.74, 6) is -32.3. The van der Waals surface area contributed by atoms with Crippen LogP contribution in [0.2, 0.25) is 0 Å². The first-order valence-electron chi connectivity index (χ1n) is 3.65. The molecular formula is C6HF10O2-. The van der Waals surface area contributed by atoms with Gasteiger partial charge in [0, 0.05) is 0 Å². The van der Waals surface area contributed by atoms with E-state index in [-0.39, 0.29) is 0 Å². The zero-order chi connectivity index (χ0) is 15.2. The fraction of sp³-hybridized carbons (Fsp3) is 0.833. The smallest absolute Gasteiger partial charge is 0.384 e. The van der Waals surface area contributed by atoms with Crippen LogP contribution in [0, 0.1) is 0 Å². The van der Waals surface area contributed by atoms with Crippen LogP contribution in [-0.2, 0) is 4.79 Å². The van der Waals surface area contributed by atoms with Gasteiger partial charge < -0.3 is 9.90 Å². The summed E-state index contributed by atoms with van der Waals surface area (Å²) in [4.78, 5) is 9.50. The Balaban J connectivity index is 5.81. The molecule has 0 saturated heterocycles. The van der Waals surface area contributed by atoms with Crippen LogP contribution >= 0.6 is 0 Å². The Labute approximate surface area is 91.2 Å². The van der Waals surface area contributed by atoms with Crippen LogP contribution in [0.1, 0.15) is 0 Å². The normalized spacial score (nSPS) is 15.1. The van der Waals surface area contributed by atoms with E-state index < -0.39 is 36.1 Å². The molecule has 0 heterocycles. The first-order chi connectivity index (χ1) is 7.64. The van der Waals surface area contributed by atoms with Crippen molar-refractivity contribution in [3.8, 4) is 0 Å². The molecule has 0 rings (SSSR count). The molecule has 18 heavy (non-hydrogen) atoms. The van der Waals surface area contributed by atoms with E-state index in [2.05, 4.69) is 0 Å². The molecule has 2 nitrogen and oxygen atoms in total. The number of carboxylic acids is 1. The molecule has 0 saturated carbocycles. The Bertz CT molecular complexity index is 335. The molecule has 0 bridgehead atoms. The van der Waals surface area contributed by atoms with Gasteiger partial charge in [-0.25, -0.2) is 8.78 Å². The van der Waals surface area contributed by atoms with E-state index in [1.165, 1.54) is 0 Å². The van der Waals surface area contributed by atoms with E-state index in [4.69, 9.17) is 0 Å². The molecule has 0 aliphatic carbocycles. The maximum Gasteiger partial charge on any atom is 0.384 e. The number of carbonyl (C=O) groups excluding carboxylic acids is 1. The molecule has 0 aliphatic heterocycles. The van der Waals surface area contributed by atoms with E-state index in [1.807, 2.05) is 0 Å². The van der Waals surface area contributed by atoms with Crippen molar-refractivity contribution in [2.24, 2.45) is 0 Å². The van der Waals surface area contributed by atoms with Gasteiger partial charge in [-0.2, -0.15) is 35.1 Å². The summed E-state index contributed by atoms with van der Waals surface area (Å²) in [5, 5.41) is 9.50.